The fourth-order valence-corrected chi connectivity index (χ4v) is 13.6. The molecule has 8 aliphatic carbocycles. The molecule has 0 aromatic heterocycles. The number of hydrogen-bond acceptors (Lipinski definition) is 8. The van der Waals surface area contributed by atoms with E-state index in [2.05, 4.69) is 72.8 Å². The SMILES string of the molecule is O=S(=O)([O-])Oc1c2c(c(OS(=O)(=O)[O-])c3c1[C@H]1C[C@@H]3c3cc4c(cc31)[C@H]1C[C@@H]4c3ccccc31)[C@H]1C[C@@H]2c2cc3c(cc21)[C@H]1C[C@@H]3c2ccccc21.[Na+].[Na+]. The molecule has 5 aromatic rings. The van der Waals surface area contributed by atoms with E-state index in [1.54, 1.807) is 0 Å². The van der Waals surface area contributed by atoms with Crippen molar-refractivity contribution in [2.75, 3.05) is 0 Å². The van der Waals surface area contributed by atoms with Crippen molar-refractivity contribution in [3.63, 3.8) is 0 Å². The Morgan fingerprint density at radius 1 is 0.389 bits per heavy atom. The van der Waals surface area contributed by atoms with E-state index in [0.717, 1.165) is 35.1 Å². The van der Waals surface area contributed by atoms with Crippen LogP contribution in [0.1, 0.15) is 162 Å². The number of fused-ring (bicyclic) bond motifs is 32. The summed E-state index contributed by atoms with van der Waals surface area (Å²) < 4.78 is 86.5. The Hall–Kier alpha value is -2.48. The van der Waals surface area contributed by atoms with E-state index < -0.39 is 20.8 Å². The summed E-state index contributed by atoms with van der Waals surface area (Å²) in [6.45, 7) is 0. The maximum atomic E-state index is 12.6. The van der Waals surface area contributed by atoms with Crippen LogP contribution in [0.25, 0.3) is 0 Å². The van der Waals surface area contributed by atoms with Crippen molar-refractivity contribution < 1.29 is 93.4 Å². The van der Waals surface area contributed by atoms with E-state index in [0.29, 0.717) is 35.1 Å². The molecule has 258 valence electrons. The molecule has 13 rings (SSSR count). The van der Waals surface area contributed by atoms with Gasteiger partial charge >= 0.3 is 59.1 Å². The van der Waals surface area contributed by atoms with E-state index >= 15 is 0 Å². The molecule has 5 aromatic carbocycles. The minimum Gasteiger partial charge on any atom is -0.716 e. The molecule has 0 amide bonds. The van der Waals surface area contributed by atoms with Crippen LogP contribution < -0.4 is 67.5 Å². The van der Waals surface area contributed by atoms with Gasteiger partial charge < -0.3 is 17.5 Å². The summed E-state index contributed by atoms with van der Waals surface area (Å²) in [5.41, 5.74) is 16.5. The van der Waals surface area contributed by atoms with Crippen LogP contribution in [0.4, 0.5) is 0 Å². The molecular weight excluding hydrogens is 743 g/mol. The molecule has 0 fully saturated rings. The van der Waals surface area contributed by atoms with Gasteiger partial charge in [0.1, 0.15) is 11.5 Å². The summed E-state index contributed by atoms with van der Waals surface area (Å²) in [5.74, 6) is -0.273. The van der Waals surface area contributed by atoms with Crippen LogP contribution in [0, 0.1) is 0 Å². The Kier molecular flexibility index (Phi) is 7.16. The second-order valence-corrected chi connectivity index (χ2v) is 18.1. The van der Waals surface area contributed by atoms with Crippen LogP contribution in [0.2, 0.25) is 0 Å². The van der Waals surface area contributed by atoms with Gasteiger partial charge in [0.25, 0.3) is 20.8 Å². The zero-order valence-corrected chi connectivity index (χ0v) is 35.1. The second-order valence-electron chi connectivity index (χ2n) is 16.1. The Morgan fingerprint density at radius 3 is 0.852 bits per heavy atom. The molecule has 8 nitrogen and oxygen atoms in total. The zero-order valence-electron chi connectivity index (χ0n) is 29.5. The molecule has 8 bridgehead atoms. The maximum Gasteiger partial charge on any atom is 1.00 e. The van der Waals surface area contributed by atoms with Crippen LogP contribution in [0.5, 0.6) is 11.5 Å². The summed E-state index contributed by atoms with van der Waals surface area (Å²) in [6.07, 6.45) is 3.08. The summed E-state index contributed by atoms with van der Waals surface area (Å²) in [7, 11) is -10.5. The number of hydrogen-bond donors (Lipinski definition) is 0. The average Bonchev–Trinajstić information content (AvgIpc) is 3.98. The van der Waals surface area contributed by atoms with Gasteiger partial charge in [0.2, 0.25) is 0 Å². The van der Waals surface area contributed by atoms with Crippen molar-refractivity contribution in [3.8, 4) is 11.5 Å². The van der Waals surface area contributed by atoms with E-state index in [1.807, 2.05) is 0 Å². The smallest absolute Gasteiger partial charge is 0.716 e. The normalized spacial score (nSPS) is 27.9. The van der Waals surface area contributed by atoms with Crippen LogP contribution in [0.3, 0.4) is 0 Å². The van der Waals surface area contributed by atoms with Crippen molar-refractivity contribution in [2.45, 2.75) is 73.0 Å². The Morgan fingerprint density at radius 2 is 0.611 bits per heavy atom. The van der Waals surface area contributed by atoms with E-state index in [9.17, 15) is 25.9 Å². The van der Waals surface area contributed by atoms with Crippen molar-refractivity contribution >= 4 is 20.8 Å². The summed E-state index contributed by atoms with van der Waals surface area (Å²) in [6, 6.07) is 26.1. The first kappa shape index (κ1) is 34.7. The first-order chi connectivity index (χ1) is 25.0. The zero-order chi connectivity index (χ0) is 34.7. The summed E-state index contributed by atoms with van der Waals surface area (Å²) in [4.78, 5) is 0. The van der Waals surface area contributed by atoms with Gasteiger partial charge in [-0.15, -0.1) is 0 Å². The third kappa shape index (κ3) is 4.26. The van der Waals surface area contributed by atoms with Crippen LogP contribution >= 0.6 is 0 Å². The largest absolute Gasteiger partial charge is 1.00 e. The van der Waals surface area contributed by atoms with Gasteiger partial charge in [-0.1, -0.05) is 72.8 Å². The van der Waals surface area contributed by atoms with Crippen molar-refractivity contribution in [3.05, 3.63) is 162 Å². The van der Waals surface area contributed by atoms with Gasteiger partial charge in [-0.3, -0.25) is 0 Å². The minimum atomic E-state index is -5.23. The molecule has 12 heteroatoms. The number of benzene rings is 5. The molecular formula is C42H28Na2O8S2. The Balaban J connectivity index is 0.00000171. The summed E-state index contributed by atoms with van der Waals surface area (Å²) >= 11 is 0. The third-order valence-electron chi connectivity index (χ3n) is 14.3. The van der Waals surface area contributed by atoms with Gasteiger partial charge in [0.05, 0.1) is 0 Å². The first-order valence-electron chi connectivity index (χ1n) is 18.1. The van der Waals surface area contributed by atoms with Gasteiger partial charge in [-0.05, 0) is 92.4 Å². The molecule has 0 aliphatic heterocycles. The predicted octanol–water partition coefficient (Wildman–Crippen LogP) is 1.30. The van der Waals surface area contributed by atoms with Crippen molar-refractivity contribution in [1.82, 2.24) is 0 Å². The van der Waals surface area contributed by atoms with Crippen LogP contribution in [0.15, 0.2) is 72.8 Å². The third-order valence-corrected chi connectivity index (χ3v) is 15.0. The standard InChI is InChI=1S/C42H30O8S2.2Na/c43-51(44,45)49-41-37-33-15-34(30-12-26-22-9-21(25(26)11-29(30)33)17-5-1-2-6-18(17)22)38(37)42(50-52(46,47)48)40-36-16-35(39(40)41)31-13-27-23-10-24(28(27)14-32(31)36)20-8-4-3-7-19(20)23;;/h1-8,11-14,21-24,33-36H,9-10,15-16H2,(H,43,44,45)(H,46,47,48);;/q;2*+1/p-2/t21-,22+,23+,24-,33-,34+,35+,36-;;. The van der Waals surface area contributed by atoms with Gasteiger partial charge in [-0.25, -0.2) is 16.8 Å². The quantitative estimate of drug-likeness (QED) is 0.152. The molecule has 8 atom stereocenters. The molecule has 0 radical (unpaired) electrons. The molecule has 0 N–H and O–H groups in total. The van der Waals surface area contributed by atoms with E-state index in [1.165, 1.54) is 44.5 Å². The topological polar surface area (TPSA) is 133 Å². The minimum absolute atomic E-state index is 0. The van der Waals surface area contributed by atoms with Crippen LogP contribution in [-0.4, -0.2) is 25.9 Å². The van der Waals surface area contributed by atoms with E-state index in [-0.39, 0.29) is 118 Å². The number of rotatable bonds is 4. The maximum absolute atomic E-state index is 12.6. The van der Waals surface area contributed by atoms with Crippen molar-refractivity contribution in [1.29, 1.82) is 0 Å². The molecule has 0 saturated carbocycles. The van der Waals surface area contributed by atoms with Gasteiger partial charge in [0, 0.05) is 69.6 Å². The van der Waals surface area contributed by atoms with Gasteiger partial charge in [0.15, 0.2) is 0 Å². The average molecular weight is 771 g/mol. The van der Waals surface area contributed by atoms with Crippen LogP contribution in [-0.2, 0) is 20.8 Å². The molecule has 8 aliphatic rings. The first-order valence-corrected chi connectivity index (χ1v) is 20.8. The molecule has 54 heavy (non-hydrogen) atoms. The molecule has 0 spiro atoms. The molecule has 0 saturated heterocycles. The Bertz CT molecular complexity index is 2490. The Labute approximate surface area is 357 Å². The fraction of sp³-hybridized carbons (Fsp3) is 0.286. The molecule has 0 heterocycles. The second kappa shape index (κ2) is 11.1. The van der Waals surface area contributed by atoms with Gasteiger partial charge in [-0.2, -0.15) is 0 Å². The van der Waals surface area contributed by atoms with E-state index in [4.69, 9.17) is 8.37 Å². The summed E-state index contributed by atoms with van der Waals surface area (Å²) in [5, 5.41) is 0. The van der Waals surface area contributed by atoms with Crippen molar-refractivity contribution in [2.24, 2.45) is 0 Å². The monoisotopic (exact) mass is 770 g/mol. The predicted molar refractivity (Wildman–Crippen MR) is 186 cm³/mol. The fourth-order valence-electron chi connectivity index (χ4n) is 12.8. The molecule has 0 unspecified atom stereocenters.